The smallest absolute Gasteiger partial charge is 0.0890 e. The minimum atomic E-state index is 0.101. The van der Waals surface area contributed by atoms with E-state index >= 15 is 0 Å². The molecule has 0 bridgehead atoms. The fourth-order valence-electron chi connectivity index (χ4n) is 2.50. The Kier molecular flexibility index (Phi) is 3.43. The molecule has 0 aliphatic carbocycles. The van der Waals surface area contributed by atoms with E-state index in [0.717, 1.165) is 28.8 Å². The molecule has 2 aromatic heterocycles. The zero-order valence-electron chi connectivity index (χ0n) is 11.6. The normalized spacial score (nSPS) is 12.7. The summed E-state index contributed by atoms with van der Waals surface area (Å²) in [6.07, 6.45) is 5.27. The number of hydrogen-bond donors (Lipinski definition) is 1. The predicted molar refractivity (Wildman–Crippen MR) is 78.3 cm³/mol. The van der Waals surface area contributed by atoms with Gasteiger partial charge < -0.3 is 5.32 Å². The number of hydrogen-bond acceptors (Lipinski definition) is 4. The van der Waals surface area contributed by atoms with Crippen LogP contribution in [0.3, 0.4) is 0 Å². The summed E-state index contributed by atoms with van der Waals surface area (Å²) in [7, 11) is 1.96. The van der Waals surface area contributed by atoms with E-state index in [1.54, 1.807) is 12.4 Å². The SMILES string of the molecule is CCn1nccc1C(NC)c1ccc2nccnc2c1. The first-order chi connectivity index (χ1) is 9.83. The first-order valence-electron chi connectivity index (χ1n) is 6.73. The third kappa shape index (κ3) is 2.16. The fourth-order valence-corrected chi connectivity index (χ4v) is 2.50. The van der Waals surface area contributed by atoms with E-state index in [9.17, 15) is 0 Å². The molecule has 2 heterocycles. The van der Waals surface area contributed by atoms with Crippen molar-refractivity contribution in [3.05, 3.63) is 54.1 Å². The Morgan fingerprint density at radius 1 is 1.10 bits per heavy atom. The minimum Gasteiger partial charge on any atom is -0.308 e. The number of aromatic nitrogens is 4. The Bertz CT molecular complexity index is 719. The molecule has 3 aromatic rings. The molecule has 1 atom stereocenters. The lowest BCUT2D eigenvalue weighted by molar-refractivity contribution is 0.563. The number of benzene rings is 1. The van der Waals surface area contributed by atoms with E-state index in [2.05, 4.69) is 39.4 Å². The van der Waals surface area contributed by atoms with Gasteiger partial charge in [-0.15, -0.1) is 0 Å². The van der Waals surface area contributed by atoms with Gasteiger partial charge in [0.2, 0.25) is 0 Å². The van der Waals surface area contributed by atoms with Crippen LogP contribution in [0.2, 0.25) is 0 Å². The first-order valence-corrected chi connectivity index (χ1v) is 6.73. The Balaban J connectivity index is 2.07. The van der Waals surface area contributed by atoms with Crippen molar-refractivity contribution in [1.29, 1.82) is 0 Å². The second-order valence-electron chi connectivity index (χ2n) is 4.60. The van der Waals surface area contributed by atoms with Gasteiger partial charge in [0.15, 0.2) is 0 Å². The third-order valence-electron chi connectivity index (χ3n) is 3.46. The van der Waals surface area contributed by atoms with Crippen LogP contribution in [-0.2, 0) is 6.54 Å². The van der Waals surface area contributed by atoms with Crippen LogP contribution in [0.5, 0.6) is 0 Å². The molecule has 0 amide bonds. The van der Waals surface area contributed by atoms with Gasteiger partial charge in [-0.25, -0.2) is 0 Å². The van der Waals surface area contributed by atoms with Crippen LogP contribution in [0.15, 0.2) is 42.9 Å². The molecule has 0 fully saturated rings. The quantitative estimate of drug-likeness (QED) is 0.787. The molecule has 1 N–H and O–H groups in total. The molecule has 102 valence electrons. The second-order valence-corrected chi connectivity index (χ2v) is 4.60. The van der Waals surface area contributed by atoms with Gasteiger partial charge in [0.05, 0.1) is 22.8 Å². The highest BCUT2D eigenvalue weighted by Crippen LogP contribution is 2.23. The molecule has 20 heavy (non-hydrogen) atoms. The number of nitrogens with one attached hydrogen (secondary N) is 1. The van der Waals surface area contributed by atoms with Gasteiger partial charge in [-0.3, -0.25) is 14.6 Å². The Morgan fingerprint density at radius 3 is 2.65 bits per heavy atom. The molecule has 0 spiro atoms. The van der Waals surface area contributed by atoms with Crippen LogP contribution in [-0.4, -0.2) is 26.8 Å². The minimum absolute atomic E-state index is 0.101. The molecule has 5 nitrogen and oxygen atoms in total. The summed E-state index contributed by atoms with van der Waals surface area (Å²) in [4.78, 5) is 8.67. The van der Waals surface area contributed by atoms with E-state index in [4.69, 9.17) is 0 Å². The summed E-state index contributed by atoms with van der Waals surface area (Å²) in [5.41, 5.74) is 4.14. The summed E-state index contributed by atoms with van der Waals surface area (Å²) < 4.78 is 2.00. The largest absolute Gasteiger partial charge is 0.308 e. The number of fused-ring (bicyclic) bond motifs is 1. The van der Waals surface area contributed by atoms with Gasteiger partial charge in [0, 0.05) is 25.1 Å². The topological polar surface area (TPSA) is 55.6 Å². The van der Waals surface area contributed by atoms with Crippen LogP contribution < -0.4 is 5.32 Å². The average Bonchev–Trinajstić information content (AvgIpc) is 2.96. The standard InChI is InChI=1S/C15H17N5/c1-3-20-14(6-7-19-20)15(16-2)11-4-5-12-13(10-11)18-9-8-17-12/h4-10,15-16H,3H2,1-2H3. The highest BCUT2D eigenvalue weighted by atomic mass is 15.3. The van der Waals surface area contributed by atoms with Crippen molar-refractivity contribution in [1.82, 2.24) is 25.1 Å². The van der Waals surface area contributed by atoms with Gasteiger partial charge in [-0.1, -0.05) is 6.07 Å². The van der Waals surface area contributed by atoms with Crippen molar-refractivity contribution in [2.24, 2.45) is 0 Å². The maximum absolute atomic E-state index is 4.37. The zero-order valence-corrected chi connectivity index (χ0v) is 11.6. The van der Waals surface area contributed by atoms with Gasteiger partial charge in [-0.2, -0.15) is 5.10 Å². The fraction of sp³-hybridized carbons (Fsp3) is 0.267. The van der Waals surface area contributed by atoms with Crippen molar-refractivity contribution in [2.75, 3.05) is 7.05 Å². The molecule has 0 saturated carbocycles. The van der Waals surface area contributed by atoms with E-state index in [-0.39, 0.29) is 6.04 Å². The lowest BCUT2D eigenvalue weighted by Gasteiger charge is -2.18. The summed E-state index contributed by atoms with van der Waals surface area (Å²) in [6.45, 7) is 2.95. The number of rotatable bonds is 4. The number of nitrogens with zero attached hydrogens (tertiary/aromatic N) is 4. The zero-order chi connectivity index (χ0) is 13.9. The van der Waals surface area contributed by atoms with Crippen LogP contribution in [0.1, 0.15) is 24.2 Å². The molecular formula is C15H17N5. The summed E-state index contributed by atoms with van der Waals surface area (Å²) in [5, 5.41) is 7.69. The molecule has 0 aliphatic heterocycles. The molecule has 0 aliphatic rings. The predicted octanol–water partition coefficient (Wildman–Crippen LogP) is 2.16. The number of aryl methyl sites for hydroxylation is 1. The summed E-state index contributed by atoms with van der Waals surface area (Å²) in [6, 6.07) is 8.32. The van der Waals surface area contributed by atoms with Gasteiger partial charge >= 0.3 is 0 Å². The Labute approximate surface area is 117 Å². The molecular weight excluding hydrogens is 250 g/mol. The van der Waals surface area contributed by atoms with Crippen molar-refractivity contribution >= 4 is 11.0 Å². The van der Waals surface area contributed by atoms with Crippen molar-refractivity contribution in [2.45, 2.75) is 19.5 Å². The van der Waals surface area contributed by atoms with Gasteiger partial charge in [0.1, 0.15) is 0 Å². The summed E-state index contributed by atoms with van der Waals surface area (Å²) in [5.74, 6) is 0. The lowest BCUT2D eigenvalue weighted by Crippen LogP contribution is -2.21. The van der Waals surface area contributed by atoms with Gasteiger partial charge in [-0.05, 0) is 37.7 Å². The Morgan fingerprint density at radius 2 is 1.90 bits per heavy atom. The van der Waals surface area contributed by atoms with Crippen molar-refractivity contribution < 1.29 is 0 Å². The molecule has 0 radical (unpaired) electrons. The highest BCUT2D eigenvalue weighted by Gasteiger charge is 2.16. The average molecular weight is 267 g/mol. The Hall–Kier alpha value is -2.27. The van der Waals surface area contributed by atoms with Crippen LogP contribution in [0, 0.1) is 0 Å². The molecule has 0 saturated heterocycles. The van der Waals surface area contributed by atoms with Crippen LogP contribution in [0.4, 0.5) is 0 Å². The van der Waals surface area contributed by atoms with Crippen molar-refractivity contribution in [3.8, 4) is 0 Å². The van der Waals surface area contributed by atoms with Crippen molar-refractivity contribution in [3.63, 3.8) is 0 Å². The molecule has 3 rings (SSSR count). The highest BCUT2D eigenvalue weighted by molar-refractivity contribution is 5.74. The molecule has 1 unspecified atom stereocenters. The first kappa shape index (κ1) is 12.7. The monoisotopic (exact) mass is 267 g/mol. The van der Waals surface area contributed by atoms with E-state index in [1.807, 2.05) is 30.1 Å². The molecule has 1 aromatic carbocycles. The van der Waals surface area contributed by atoms with Crippen LogP contribution in [0.25, 0.3) is 11.0 Å². The second kappa shape index (κ2) is 5.38. The third-order valence-corrected chi connectivity index (χ3v) is 3.46. The summed E-state index contributed by atoms with van der Waals surface area (Å²) >= 11 is 0. The molecule has 5 heteroatoms. The van der Waals surface area contributed by atoms with E-state index in [0.29, 0.717) is 0 Å². The maximum atomic E-state index is 4.37. The lowest BCUT2D eigenvalue weighted by atomic mass is 10.0. The maximum Gasteiger partial charge on any atom is 0.0890 e. The van der Waals surface area contributed by atoms with E-state index < -0.39 is 0 Å². The van der Waals surface area contributed by atoms with E-state index in [1.165, 1.54) is 0 Å². The van der Waals surface area contributed by atoms with Gasteiger partial charge in [0.25, 0.3) is 0 Å². The van der Waals surface area contributed by atoms with Crippen LogP contribution >= 0.6 is 0 Å².